The lowest BCUT2D eigenvalue weighted by Crippen LogP contribution is -2.52. The molecule has 0 aromatic carbocycles. The number of hydrogen-bond acceptors (Lipinski definition) is 3. The molecule has 18 heavy (non-hydrogen) atoms. The van der Waals surface area contributed by atoms with Gasteiger partial charge < -0.3 is 15.5 Å². The number of nitrogens with two attached hydrogens (primary N) is 1. The third-order valence-corrected chi connectivity index (χ3v) is 4.28. The number of halogens is 1. The molecule has 1 saturated carbocycles. The summed E-state index contributed by atoms with van der Waals surface area (Å²) in [5.41, 5.74) is 6.00. The molecule has 0 amide bonds. The van der Waals surface area contributed by atoms with Crippen LogP contribution in [0.1, 0.15) is 32.1 Å². The highest BCUT2D eigenvalue weighted by Crippen LogP contribution is 2.34. The summed E-state index contributed by atoms with van der Waals surface area (Å²) in [6.45, 7) is 4.65. The van der Waals surface area contributed by atoms with Crippen molar-refractivity contribution < 1.29 is 0 Å². The van der Waals surface area contributed by atoms with Gasteiger partial charge in [0.25, 0.3) is 0 Å². The molecule has 5 heteroatoms. The lowest BCUT2D eigenvalue weighted by molar-refractivity contribution is 0.115. The summed E-state index contributed by atoms with van der Waals surface area (Å²) < 4.78 is 0. The van der Waals surface area contributed by atoms with E-state index in [1.807, 2.05) is 21.1 Å². The van der Waals surface area contributed by atoms with Crippen molar-refractivity contribution in [1.29, 1.82) is 0 Å². The van der Waals surface area contributed by atoms with Crippen molar-refractivity contribution in [2.24, 2.45) is 10.7 Å². The summed E-state index contributed by atoms with van der Waals surface area (Å²) in [7, 11) is 5.74. The molecule has 2 N–H and O–H groups in total. The molecule has 1 fully saturated rings. The SMILES string of the molecule is C=C(N=C(Cl)N(C)C)N(C)C1(CN)CCCCC1. The first-order valence-corrected chi connectivity index (χ1v) is 6.85. The maximum Gasteiger partial charge on any atom is 0.199 e. The Morgan fingerprint density at radius 1 is 1.28 bits per heavy atom. The Morgan fingerprint density at radius 2 is 1.83 bits per heavy atom. The second-order valence-electron chi connectivity index (χ2n) is 5.24. The maximum absolute atomic E-state index is 6.04. The highest BCUT2D eigenvalue weighted by Gasteiger charge is 2.35. The summed E-state index contributed by atoms with van der Waals surface area (Å²) in [6.07, 6.45) is 5.95. The van der Waals surface area contributed by atoms with Gasteiger partial charge in [0.1, 0.15) is 5.82 Å². The van der Waals surface area contributed by atoms with Crippen molar-refractivity contribution in [2.75, 3.05) is 27.7 Å². The monoisotopic (exact) mass is 272 g/mol. The molecule has 1 aliphatic rings. The average Bonchev–Trinajstić information content (AvgIpc) is 2.38. The fourth-order valence-electron chi connectivity index (χ4n) is 2.44. The zero-order valence-corrected chi connectivity index (χ0v) is 12.5. The van der Waals surface area contributed by atoms with Gasteiger partial charge in [-0.15, -0.1) is 0 Å². The Kier molecular flexibility index (Phi) is 5.47. The van der Waals surface area contributed by atoms with Crippen molar-refractivity contribution in [2.45, 2.75) is 37.6 Å². The van der Waals surface area contributed by atoms with Crippen LogP contribution in [-0.4, -0.2) is 48.3 Å². The topological polar surface area (TPSA) is 44.9 Å². The Balaban J connectivity index is 2.81. The summed E-state index contributed by atoms with van der Waals surface area (Å²) in [6, 6.07) is 0. The Bertz CT molecular complexity index is 319. The van der Waals surface area contributed by atoms with E-state index in [2.05, 4.69) is 16.5 Å². The Labute approximate surface area is 115 Å². The van der Waals surface area contributed by atoms with E-state index in [4.69, 9.17) is 17.3 Å². The first-order chi connectivity index (χ1) is 8.43. The van der Waals surface area contributed by atoms with Gasteiger partial charge in [-0.1, -0.05) is 25.8 Å². The number of hydrogen-bond donors (Lipinski definition) is 1. The average molecular weight is 273 g/mol. The van der Waals surface area contributed by atoms with E-state index < -0.39 is 0 Å². The highest BCUT2D eigenvalue weighted by atomic mass is 35.5. The molecule has 0 aromatic heterocycles. The Morgan fingerprint density at radius 3 is 2.28 bits per heavy atom. The molecule has 0 atom stereocenters. The van der Waals surface area contributed by atoms with E-state index in [0.29, 0.717) is 17.7 Å². The van der Waals surface area contributed by atoms with Crippen molar-refractivity contribution in [3.05, 3.63) is 12.4 Å². The van der Waals surface area contributed by atoms with Crippen molar-refractivity contribution in [3.8, 4) is 0 Å². The molecule has 0 unspecified atom stereocenters. The lowest BCUT2D eigenvalue weighted by atomic mass is 9.80. The number of nitrogens with zero attached hydrogens (tertiary/aromatic N) is 3. The van der Waals surface area contributed by atoms with Gasteiger partial charge in [0.2, 0.25) is 0 Å². The molecule has 0 radical (unpaired) electrons. The summed E-state index contributed by atoms with van der Waals surface area (Å²) in [5.74, 6) is 0.682. The molecule has 1 rings (SSSR count). The number of aliphatic imine (C=N–C) groups is 1. The van der Waals surface area contributed by atoms with Gasteiger partial charge in [-0.05, 0) is 24.4 Å². The first kappa shape index (κ1) is 15.3. The third-order valence-electron chi connectivity index (χ3n) is 3.85. The van der Waals surface area contributed by atoms with E-state index in [9.17, 15) is 0 Å². The summed E-state index contributed by atoms with van der Waals surface area (Å²) in [4.78, 5) is 8.20. The lowest BCUT2D eigenvalue weighted by Gasteiger charge is -2.45. The van der Waals surface area contributed by atoms with Gasteiger partial charge in [0.05, 0.1) is 5.54 Å². The van der Waals surface area contributed by atoms with Crippen LogP contribution in [-0.2, 0) is 0 Å². The van der Waals surface area contributed by atoms with Gasteiger partial charge >= 0.3 is 0 Å². The van der Waals surface area contributed by atoms with E-state index in [-0.39, 0.29) is 5.54 Å². The predicted molar refractivity (Wildman–Crippen MR) is 78.7 cm³/mol. The smallest absolute Gasteiger partial charge is 0.199 e. The fraction of sp³-hybridized carbons (Fsp3) is 0.769. The normalized spacial score (nSPS) is 19.5. The second-order valence-corrected chi connectivity index (χ2v) is 5.58. The zero-order chi connectivity index (χ0) is 13.8. The van der Waals surface area contributed by atoms with Gasteiger partial charge in [0.15, 0.2) is 5.29 Å². The summed E-state index contributed by atoms with van der Waals surface area (Å²) >= 11 is 6.04. The standard InChI is InChI=1S/C13H25ClN4/c1-11(16-12(14)17(2)3)18(4)13(10-15)8-6-5-7-9-13/h1,5-10,15H2,2-4H3. The summed E-state index contributed by atoms with van der Waals surface area (Å²) in [5, 5.41) is 0.440. The predicted octanol–water partition coefficient (Wildman–Crippen LogP) is 2.21. The van der Waals surface area contributed by atoms with Crippen LogP contribution in [0, 0.1) is 0 Å². The minimum Gasteiger partial charge on any atom is -0.353 e. The van der Waals surface area contributed by atoms with E-state index >= 15 is 0 Å². The maximum atomic E-state index is 6.04. The first-order valence-electron chi connectivity index (χ1n) is 6.47. The van der Waals surface area contributed by atoms with Crippen LogP contribution in [0.2, 0.25) is 0 Å². The molecule has 0 saturated heterocycles. The number of likely N-dealkylation sites (N-methyl/N-ethyl adjacent to an activating group) is 1. The second kappa shape index (κ2) is 6.43. The van der Waals surface area contributed by atoms with Crippen LogP contribution < -0.4 is 5.73 Å². The minimum atomic E-state index is 0.00230. The number of rotatable bonds is 4. The largest absolute Gasteiger partial charge is 0.353 e. The van der Waals surface area contributed by atoms with Crippen molar-refractivity contribution >= 4 is 16.9 Å². The highest BCUT2D eigenvalue weighted by molar-refractivity contribution is 6.64. The number of amidine groups is 1. The quantitative estimate of drug-likeness (QED) is 0.485. The Hall–Kier alpha value is -0.740. The van der Waals surface area contributed by atoms with Crippen molar-refractivity contribution in [3.63, 3.8) is 0 Å². The molecule has 0 aliphatic heterocycles. The molecule has 104 valence electrons. The van der Waals surface area contributed by atoms with Crippen molar-refractivity contribution in [1.82, 2.24) is 9.80 Å². The van der Waals surface area contributed by atoms with E-state index in [1.54, 1.807) is 4.90 Å². The molecule has 0 spiro atoms. The molecule has 4 nitrogen and oxygen atoms in total. The molecular formula is C13H25ClN4. The van der Waals surface area contributed by atoms with Crippen LogP contribution >= 0.6 is 11.6 Å². The molecule has 0 bridgehead atoms. The minimum absolute atomic E-state index is 0.00230. The van der Waals surface area contributed by atoms with Crippen LogP contribution in [0.25, 0.3) is 0 Å². The molecule has 0 aromatic rings. The van der Waals surface area contributed by atoms with Crippen LogP contribution in [0.5, 0.6) is 0 Å². The fourth-order valence-corrected chi connectivity index (χ4v) is 2.54. The molecular weight excluding hydrogens is 248 g/mol. The van der Waals surface area contributed by atoms with Gasteiger partial charge in [0, 0.05) is 27.7 Å². The van der Waals surface area contributed by atoms with Crippen LogP contribution in [0.15, 0.2) is 17.4 Å². The third kappa shape index (κ3) is 3.39. The van der Waals surface area contributed by atoms with Gasteiger partial charge in [-0.2, -0.15) is 0 Å². The van der Waals surface area contributed by atoms with Gasteiger partial charge in [-0.25, -0.2) is 4.99 Å². The molecule has 1 aliphatic carbocycles. The van der Waals surface area contributed by atoms with E-state index in [1.165, 1.54) is 19.3 Å². The van der Waals surface area contributed by atoms with Gasteiger partial charge in [-0.3, -0.25) is 0 Å². The molecule has 0 heterocycles. The van der Waals surface area contributed by atoms with Crippen LogP contribution in [0.3, 0.4) is 0 Å². The zero-order valence-electron chi connectivity index (χ0n) is 11.7. The van der Waals surface area contributed by atoms with Crippen LogP contribution in [0.4, 0.5) is 0 Å². The van der Waals surface area contributed by atoms with E-state index in [0.717, 1.165) is 12.8 Å².